The number of allylic oxidation sites excluding steroid dienone is 3. The Bertz CT molecular complexity index is 2460. The topological polar surface area (TPSA) is 9.72 Å². The highest BCUT2D eigenvalue weighted by molar-refractivity contribution is 7.00. The van der Waals surface area contributed by atoms with Gasteiger partial charge in [0.25, 0.3) is 6.71 Å². The van der Waals surface area contributed by atoms with Crippen LogP contribution in [0.4, 0.5) is 39.8 Å². The molecule has 0 aromatic heterocycles. The maximum atomic E-state index is 2.83. The second-order valence-corrected chi connectivity index (χ2v) is 15.5. The Balaban J connectivity index is 1.35. The summed E-state index contributed by atoms with van der Waals surface area (Å²) in [7, 11) is 0. The zero-order valence-electron chi connectivity index (χ0n) is 30.6. The first-order chi connectivity index (χ1) is 25.5. The van der Waals surface area contributed by atoms with Crippen molar-refractivity contribution in [1.82, 2.24) is 0 Å². The molecular formula is C48H44BN3. The van der Waals surface area contributed by atoms with Crippen LogP contribution in [0.1, 0.15) is 58.9 Å². The van der Waals surface area contributed by atoms with Gasteiger partial charge in [-0.25, -0.2) is 0 Å². The van der Waals surface area contributed by atoms with E-state index in [1.165, 1.54) is 98.2 Å². The van der Waals surface area contributed by atoms with Gasteiger partial charge in [-0.1, -0.05) is 123 Å². The monoisotopic (exact) mass is 673 g/mol. The Morgan fingerprint density at radius 3 is 2.25 bits per heavy atom. The van der Waals surface area contributed by atoms with Crippen molar-refractivity contribution >= 4 is 73.7 Å². The van der Waals surface area contributed by atoms with E-state index in [1.807, 2.05) is 0 Å². The number of rotatable bonds is 5. The Kier molecular flexibility index (Phi) is 6.93. The Labute approximate surface area is 308 Å². The average molecular weight is 674 g/mol. The van der Waals surface area contributed by atoms with E-state index in [0.717, 1.165) is 5.69 Å². The third kappa shape index (κ3) is 4.09. The molecular weight excluding hydrogens is 629 g/mol. The summed E-state index contributed by atoms with van der Waals surface area (Å²) < 4.78 is 0. The first-order valence-electron chi connectivity index (χ1n) is 19.1. The molecule has 4 aliphatic rings. The number of hydrogen-bond acceptors (Lipinski definition) is 3. The molecule has 3 aliphatic heterocycles. The second kappa shape index (κ2) is 11.5. The molecule has 3 nitrogen and oxygen atoms in total. The van der Waals surface area contributed by atoms with Crippen molar-refractivity contribution in [3.05, 3.63) is 157 Å². The molecule has 0 bridgehead atoms. The van der Waals surface area contributed by atoms with E-state index in [9.17, 15) is 0 Å². The summed E-state index contributed by atoms with van der Waals surface area (Å²) in [5.74, 6) is 0. The van der Waals surface area contributed by atoms with Crippen molar-refractivity contribution in [2.75, 3.05) is 14.7 Å². The highest BCUT2D eigenvalue weighted by Crippen LogP contribution is 2.62. The minimum atomic E-state index is -0.0490. The Hall–Kier alpha value is -5.48. The van der Waals surface area contributed by atoms with Crippen LogP contribution in [0.2, 0.25) is 0 Å². The van der Waals surface area contributed by atoms with Gasteiger partial charge in [0.05, 0.1) is 16.9 Å². The summed E-state index contributed by atoms with van der Waals surface area (Å²) in [6.07, 6.45) is 11.6. The normalized spacial score (nSPS) is 21.2. The summed E-state index contributed by atoms with van der Waals surface area (Å²) in [6.45, 7) is 9.56. The van der Waals surface area contributed by atoms with Crippen LogP contribution in [-0.2, 0) is 5.41 Å². The van der Waals surface area contributed by atoms with E-state index in [-0.39, 0.29) is 17.7 Å². The van der Waals surface area contributed by atoms with Crippen molar-refractivity contribution in [3.63, 3.8) is 0 Å². The minimum Gasteiger partial charge on any atom is -0.335 e. The number of anilines is 7. The molecule has 52 heavy (non-hydrogen) atoms. The molecule has 6 aromatic rings. The standard InChI is InChI=1S/C48H44BN3/c1-5-18-34(6-2)51-42-27-13-12-25-39(42)49-40-26-17-24-38-46(40)52(48(4)30-15-14-29-47(38,48)3)44-32-36(31-43(51)45(44)49)50(35-21-8-7-9-22-35)41-28-16-20-33-19-10-11-23-37(33)41/h5-13,16-28,31-32H,14-15,29-30H2,1-4H3/b18-5-,34-6+. The molecule has 1 saturated carbocycles. The Morgan fingerprint density at radius 1 is 0.692 bits per heavy atom. The van der Waals surface area contributed by atoms with Crippen molar-refractivity contribution in [2.45, 2.75) is 64.3 Å². The number of hydrogen-bond donors (Lipinski definition) is 0. The van der Waals surface area contributed by atoms with Gasteiger partial charge < -0.3 is 14.7 Å². The maximum absolute atomic E-state index is 2.83. The average Bonchev–Trinajstić information content (AvgIpc) is 3.40. The van der Waals surface area contributed by atoms with E-state index in [0.29, 0.717) is 0 Å². The highest BCUT2D eigenvalue weighted by atomic mass is 15.3. The first kappa shape index (κ1) is 31.3. The van der Waals surface area contributed by atoms with E-state index in [1.54, 1.807) is 0 Å². The number of benzene rings is 6. The number of para-hydroxylation sites is 3. The van der Waals surface area contributed by atoms with Gasteiger partial charge in [0.1, 0.15) is 0 Å². The molecule has 0 saturated heterocycles. The van der Waals surface area contributed by atoms with Crippen LogP contribution in [-0.4, -0.2) is 12.3 Å². The molecule has 2 unspecified atom stereocenters. The van der Waals surface area contributed by atoms with Crippen LogP contribution in [0.15, 0.2) is 151 Å². The van der Waals surface area contributed by atoms with Gasteiger partial charge in [0.2, 0.25) is 0 Å². The molecule has 0 N–H and O–H groups in total. The van der Waals surface area contributed by atoms with Crippen LogP contribution >= 0.6 is 0 Å². The molecule has 6 aromatic carbocycles. The second-order valence-electron chi connectivity index (χ2n) is 15.5. The van der Waals surface area contributed by atoms with Crippen LogP contribution in [0.5, 0.6) is 0 Å². The third-order valence-electron chi connectivity index (χ3n) is 13.0. The zero-order valence-corrected chi connectivity index (χ0v) is 30.6. The Morgan fingerprint density at radius 2 is 1.40 bits per heavy atom. The quantitative estimate of drug-likeness (QED) is 0.133. The van der Waals surface area contributed by atoms with Crippen LogP contribution in [0.25, 0.3) is 10.8 Å². The van der Waals surface area contributed by atoms with Crippen molar-refractivity contribution in [3.8, 4) is 0 Å². The first-order valence-corrected chi connectivity index (χ1v) is 19.1. The lowest BCUT2D eigenvalue weighted by molar-refractivity contribution is 0.195. The highest BCUT2D eigenvalue weighted by Gasteiger charge is 2.61. The van der Waals surface area contributed by atoms with Gasteiger partial charge in [-0.3, -0.25) is 0 Å². The molecule has 3 heterocycles. The number of fused-ring (bicyclic) bond motifs is 8. The predicted molar refractivity (Wildman–Crippen MR) is 223 cm³/mol. The summed E-state index contributed by atoms with van der Waals surface area (Å²) >= 11 is 0. The van der Waals surface area contributed by atoms with E-state index >= 15 is 0 Å². The van der Waals surface area contributed by atoms with Gasteiger partial charge in [0.15, 0.2) is 0 Å². The molecule has 254 valence electrons. The molecule has 0 radical (unpaired) electrons. The van der Waals surface area contributed by atoms with E-state index in [2.05, 4.69) is 188 Å². The van der Waals surface area contributed by atoms with Crippen molar-refractivity contribution < 1.29 is 0 Å². The summed E-state index contributed by atoms with van der Waals surface area (Å²) in [4.78, 5) is 7.87. The smallest absolute Gasteiger partial charge is 0.252 e. The van der Waals surface area contributed by atoms with Gasteiger partial charge in [0, 0.05) is 44.9 Å². The summed E-state index contributed by atoms with van der Waals surface area (Å²) in [5, 5.41) is 2.48. The number of nitrogens with zero attached hydrogens (tertiary/aromatic N) is 3. The maximum Gasteiger partial charge on any atom is 0.252 e. The van der Waals surface area contributed by atoms with Gasteiger partial charge in [-0.2, -0.15) is 0 Å². The fourth-order valence-corrected chi connectivity index (χ4v) is 10.5. The molecule has 10 rings (SSSR count). The summed E-state index contributed by atoms with van der Waals surface area (Å²) in [5.41, 5.74) is 15.8. The fourth-order valence-electron chi connectivity index (χ4n) is 10.5. The molecule has 2 atom stereocenters. The van der Waals surface area contributed by atoms with Crippen molar-refractivity contribution in [1.29, 1.82) is 0 Å². The van der Waals surface area contributed by atoms with Crippen LogP contribution in [0, 0.1) is 0 Å². The molecule has 1 fully saturated rings. The third-order valence-corrected chi connectivity index (χ3v) is 13.0. The molecule has 0 spiro atoms. The van der Waals surface area contributed by atoms with Gasteiger partial charge in [-0.15, -0.1) is 0 Å². The molecule has 0 amide bonds. The minimum absolute atomic E-state index is 0.0490. The fraction of sp³-hybridized carbons (Fsp3) is 0.208. The zero-order chi connectivity index (χ0) is 35.2. The predicted octanol–water partition coefficient (Wildman–Crippen LogP) is 10.8. The molecule has 1 aliphatic carbocycles. The SMILES string of the molecule is C/C=C\C(=C/C)N1c2ccccc2B2c3cccc4c3N(c3cc(N(c5ccccc5)c5cccc6ccccc56)cc1c32)C1(C)CCCCC41C. The lowest BCUT2D eigenvalue weighted by atomic mass is 9.33. The summed E-state index contributed by atoms with van der Waals surface area (Å²) in [6, 6.07) is 47.9. The van der Waals surface area contributed by atoms with Crippen LogP contribution in [0.3, 0.4) is 0 Å². The van der Waals surface area contributed by atoms with Gasteiger partial charge >= 0.3 is 0 Å². The molecule has 4 heteroatoms. The lowest BCUT2D eigenvalue weighted by Gasteiger charge is -2.53. The van der Waals surface area contributed by atoms with E-state index in [4.69, 9.17) is 0 Å². The largest absolute Gasteiger partial charge is 0.335 e. The van der Waals surface area contributed by atoms with Gasteiger partial charge in [-0.05, 0) is 103 Å². The van der Waals surface area contributed by atoms with E-state index < -0.39 is 0 Å². The van der Waals surface area contributed by atoms with Crippen molar-refractivity contribution in [2.24, 2.45) is 0 Å². The lowest BCUT2D eigenvalue weighted by Crippen LogP contribution is -2.64. The van der Waals surface area contributed by atoms with Crippen LogP contribution < -0.4 is 31.1 Å².